The highest BCUT2D eigenvalue weighted by atomic mass is 15.3. The van der Waals surface area contributed by atoms with E-state index in [1.54, 1.807) is 6.33 Å². The molecule has 0 bridgehead atoms. The predicted octanol–water partition coefficient (Wildman–Crippen LogP) is 3.28. The first-order chi connectivity index (χ1) is 9.40. The largest absolute Gasteiger partial charge is 0.313 e. The number of aromatic nitrogens is 3. The highest BCUT2D eigenvalue weighted by molar-refractivity contribution is 4.95. The Bertz CT molecular complexity index is 382. The summed E-state index contributed by atoms with van der Waals surface area (Å²) >= 11 is 0. The summed E-state index contributed by atoms with van der Waals surface area (Å²) in [6, 6.07) is 0.447. The Balaban J connectivity index is 2.81. The molecule has 0 radical (unpaired) electrons. The zero-order valence-electron chi connectivity index (χ0n) is 14.1. The van der Waals surface area contributed by atoms with E-state index in [1.165, 1.54) is 0 Å². The van der Waals surface area contributed by atoms with Crippen molar-refractivity contribution in [3.63, 3.8) is 0 Å². The molecule has 1 rings (SSSR count). The minimum absolute atomic E-state index is 0.268. The third-order valence-electron chi connectivity index (χ3n) is 4.12. The van der Waals surface area contributed by atoms with Gasteiger partial charge in [0.1, 0.15) is 12.2 Å². The lowest BCUT2D eigenvalue weighted by Crippen LogP contribution is -2.44. The molecule has 4 nitrogen and oxygen atoms in total. The van der Waals surface area contributed by atoms with Crippen molar-refractivity contribution in [2.45, 2.75) is 73.4 Å². The summed E-state index contributed by atoms with van der Waals surface area (Å²) in [5.41, 5.74) is 0.268. The SMILES string of the molecule is CCCNC(Cc1ncnn1CC(C)C)C(C)(C)CC. The second kappa shape index (κ2) is 7.77. The van der Waals surface area contributed by atoms with E-state index in [9.17, 15) is 0 Å². The van der Waals surface area contributed by atoms with Crippen LogP contribution in [0.25, 0.3) is 0 Å². The van der Waals surface area contributed by atoms with Crippen LogP contribution >= 0.6 is 0 Å². The van der Waals surface area contributed by atoms with Crippen molar-refractivity contribution < 1.29 is 0 Å². The normalized spacial score (nSPS) is 13.9. The monoisotopic (exact) mass is 280 g/mol. The Kier molecular flexibility index (Phi) is 6.66. The fourth-order valence-electron chi connectivity index (χ4n) is 2.32. The van der Waals surface area contributed by atoms with Crippen LogP contribution in [0.15, 0.2) is 6.33 Å². The molecule has 0 aliphatic rings. The molecule has 0 aliphatic carbocycles. The van der Waals surface area contributed by atoms with Gasteiger partial charge in [-0.15, -0.1) is 0 Å². The van der Waals surface area contributed by atoms with Crippen molar-refractivity contribution >= 4 is 0 Å². The molecular weight excluding hydrogens is 248 g/mol. The van der Waals surface area contributed by atoms with Crippen molar-refractivity contribution in [1.29, 1.82) is 0 Å². The van der Waals surface area contributed by atoms with Gasteiger partial charge in [0, 0.05) is 19.0 Å². The van der Waals surface area contributed by atoms with Gasteiger partial charge in [0.05, 0.1) is 0 Å². The molecule has 0 aromatic carbocycles. The van der Waals surface area contributed by atoms with Crippen LogP contribution in [0.3, 0.4) is 0 Å². The lowest BCUT2D eigenvalue weighted by atomic mass is 9.80. The van der Waals surface area contributed by atoms with E-state index in [2.05, 4.69) is 61.6 Å². The van der Waals surface area contributed by atoms with Crippen molar-refractivity contribution in [1.82, 2.24) is 20.1 Å². The quantitative estimate of drug-likeness (QED) is 0.755. The molecule has 1 aromatic rings. The first-order valence-corrected chi connectivity index (χ1v) is 8.00. The van der Waals surface area contributed by atoms with Crippen molar-refractivity contribution in [2.75, 3.05) is 6.54 Å². The molecule has 1 atom stereocenters. The molecule has 4 heteroatoms. The van der Waals surface area contributed by atoms with Gasteiger partial charge in [0.25, 0.3) is 0 Å². The third kappa shape index (κ3) is 4.89. The van der Waals surface area contributed by atoms with Gasteiger partial charge in [-0.1, -0.05) is 41.5 Å². The van der Waals surface area contributed by atoms with E-state index in [4.69, 9.17) is 0 Å². The van der Waals surface area contributed by atoms with Gasteiger partial charge in [-0.2, -0.15) is 5.10 Å². The number of hydrogen-bond donors (Lipinski definition) is 1. The molecule has 1 N–H and O–H groups in total. The van der Waals surface area contributed by atoms with Crippen LogP contribution < -0.4 is 5.32 Å². The maximum absolute atomic E-state index is 4.48. The van der Waals surface area contributed by atoms with Gasteiger partial charge in [-0.05, 0) is 30.7 Å². The Hall–Kier alpha value is -0.900. The van der Waals surface area contributed by atoms with E-state index in [0.717, 1.165) is 38.2 Å². The van der Waals surface area contributed by atoms with E-state index in [-0.39, 0.29) is 5.41 Å². The van der Waals surface area contributed by atoms with Crippen LogP contribution in [0.4, 0.5) is 0 Å². The van der Waals surface area contributed by atoms with Gasteiger partial charge in [0.2, 0.25) is 0 Å². The topological polar surface area (TPSA) is 42.7 Å². The summed E-state index contributed by atoms with van der Waals surface area (Å²) in [6.45, 7) is 15.6. The molecule has 0 spiro atoms. The average molecular weight is 280 g/mol. The smallest absolute Gasteiger partial charge is 0.138 e. The molecule has 1 aromatic heterocycles. The molecule has 20 heavy (non-hydrogen) atoms. The number of nitrogens with one attached hydrogen (secondary N) is 1. The number of hydrogen-bond acceptors (Lipinski definition) is 3. The average Bonchev–Trinajstić information content (AvgIpc) is 2.80. The van der Waals surface area contributed by atoms with Crippen LogP contribution in [0.2, 0.25) is 0 Å². The van der Waals surface area contributed by atoms with E-state index >= 15 is 0 Å². The predicted molar refractivity (Wildman–Crippen MR) is 84.7 cm³/mol. The first kappa shape index (κ1) is 17.2. The minimum Gasteiger partial charge on any atom is -0.313 e. The summed E-state index contributed by atoms with van der Waals surface area (Å²) in [5.74, 6) is 1.70. The van der Waals surface area contributed by atoms with Crippen molar-refractivity contribution in [3.05, 3.63) is 12.2 Å². The maximum atomic E-state index is 4.48. The summed E-state index contributed by atoms with van der Waals surface area (Å²) in [4.78, 5) is 4.48. The molecule has 0 saturated heterocycles. The zero-order valence-corrected chi connectivity index (χ0v) is 14.1. The Morgan fingerprint density at radius 2 is 2.00 bits per heavy atom. The van der Waals surface area contributed by atoms with Crippen LogP contribution in [-0.2, 0) is 13.0 Å². The van der Waals surface area contributed by atoms with Gasteiger partial charge in [0.15, 0.2) is 0 Å². The van der Waals surface area contributed by atoms with Gasteiger partial charge in [-0.3, -0.25) is 0 Å². The zero-order chi connectivity index (χ0) is 15.2. The number of nitrogens with zero attached hydrogens (tertiary/aromatic N) is 3. The fraction of sp³-hybridized carbons (Fsp3) is 0.875. The minimum atomic E-state index is 0.268. The standard InChI is InChI=1S/C16H32N4/c1-7-9-17-14(16(5,6)8-2)10-15-18-12-19-20(15)11-13(3)4/h12-14,17H,7-11H2,1-6H3. The van der Waals surface area contributed by atoms with Crippen LogP contribution in [0, 0.1) is 11.3 Å². The number of rotatable bonds is 9. The Morgan fingerprint density at radius 3 is 2.55 bits per heavy atom. The fourth-order valence-corrected chi connectivity index (χ4v) is 2.32. The van der Waals surface area contributed by atoms with Gasteiger partial charge in [-0.25, -0.2) is 9.67 Å². The summed E-state index contributed by atoms with van der Waals surface area (Å²) in [6.07, 6.45) is 4.96. The summed E-state index contributed by atoms with van der Waals surface area (Å²) in [5, 5.41) is 8.07. The molecule has 1 heterocycles. The van der Waals surface area contributed by atoms with Crippen LogP contribution in [-0.4, -0.2) is 27.4 Å². The summed E-state index contributed by atoms with van der Waals surface area (Å²) in [7, 11) is 0. The van der Waals surface area contributed by atoms with E-state index in [1.807, 2.05) is 0 Å². The Morgan fingerprint density at radius 1 is 1.30 bits per heavy atom. The highest BCUT2D eigenvalue weighted by Gasteiger charge is 2.28. The molecule has 0 amide bonds. The lowest BCUT2D eigenvalue weighted by molar-refractivity contribution is 0.225. The third-order valence-corrected chi connectivity index (χ3v) is 4.12. The maximum Gasteiger partial charge on any atom is 0.138 e. The molecule has 116 valence electrons. The van der Waals surface area contributed by atoms with E-state index < -0.39 is 0 Å². The Labute approximate surface area is 124 Å². The van der Waals surface area contributed by atoms with Crippen molar-refractivity contribution in [2.24, 2.45) is 11.3 Å². The summed E-state index contributed by atoms with van der Waals surface area (Å²) < 4.78 is 2.07. The second-order valence-corrected chi connectivity index (χ2v) is 6.81. The second-order valence-electron chi connectivity index (χ2n) is 6.81. The molecule has 0 saturated carbocycles. The van der Waals surface area contributed by atoms with Gasteiger partial charge < -0.3 is 5.32 Å². The van der Waals surface area contributed by atoms with E-state index in [0.29, 0.717) is 12.0 Å². The first-order valence-electron chi connectivity index (χ1n) is 8.00. The lowest BCUT2D eigenvalue weighted by Gasteiger charge is -2.34. The molecule has 0 aliphatic heterocycles. The molecule has 1 unspecified atom stereocenters. The van der Waals surface area contributed by atoms with Crippen LogP contribution in [0.5, 0.6) is 0 Å². The highest BCUT2D eigenvalue weighted by Crippen LogP contribution is 2.27. The van der Waals surface area contributed by atoms with Crippen molar-refractivity contribution in [3.8, 4) is 0 Å². The van der Waals surface area contributed by atoms with Gasteiger partial charge >= 0.3 is 0 Å². The van der Waals surface area contributed by atoms with Crippen LogP contribution in [0.1, 0.15) is 60.2 Å². The molecular formula is C16H32N4. The molecule has 0 fully saturated rings.